The first kappa shape index (κ1) is 20.2. The zero-order valence-electron chi connectivity index (χ0n) is 16.8. The van der Waals surface area contributed by atoms with Crippen LogP contribution in [0.2, 0.25) is 0 Å². The Hall–Kier alpha value is -3.10. The molecule has 0 aliphatic carbocycles. The molecule has 4 rings (SSSR count). The van der Waals surface area contributed by atoms with E-state index in [9.17, 15) is 13.2 Å². The monoisotopic (exact) mass is 425 g/mol. The van der Waals surface area contributed by atoms with Crippen LogP contribution in [0.5, 0.6) is 5.75 Å². The third-order valence-corrected chi connectivity index (χ3v) is 7.09. The molecule has 1 atom stereocenters. The minimum atomic E-state index is -3.76. The highest BCUT2D eigenvalue weighted by Gasteiger charge is 2.37. The lowest BCUT2D eigenvalue weighted by Gasteiger charge is -2.36. The Morgan fingerprint density at radius 1 is 1.03 bits per heavy atom. The van der Waals surface area contributed by atoms with E-state index in [1.165, 1.54) is 23.4 Å². The Labute approximate surface area is 175 Å². The van der Waals surface area contributed by atoms with Crippen LogP contribution >= 0.6 is 0 Å². The van der Waals surface area contributed by atoms with Crippen LogP contribution in [0.3, 0.4) is 0 Å². The summed E-state index contributed by atoms with van der Waals surface area (Å²) in [4.78, 5) is 11.4. The maximum absolute atomic E-state index is 13.6. The van der Waals surface area contributed by atoms with Crippen molar-refractivity contribution in [3.05, 3.63) is 78.1 Å². The molecule has 30 heavy (non-hydrogen) atoms. The molecule has 1 amide bonds. The van der Waals surface area contributed by atoms with Gasteiger partial charge in [-0.1, -0.05) is 12.1 Å². The highest BCUT2D eigenvalue weighted by atomic mass is 32.2. The molecular formula is C22H23N3O4S. The van der Waals surface area contributed by atoms with E-state index in [4.69, 9.17) is 4.74 Å². The van der Waals surface area contributed by atoms with Crippen molar-refractivity contribution in [2.75, 3.05) is 19.0 Å². The van der Waals surface area contributed by atoms with Gasteiger partial charge in [0.05, 0.1) is 18.0 Å². The van der Waals surface area contributed by atoms with Gasteiger partial charge in [-0.3, -0.25) is 4.79 Å². The predicted octanol–water partition coefficient (Wildman–Crippen LogP) is 3.25. The van der Waals surface area contributed by atoms with Crippen LogP contribution in [0.4, 0.5) is 5.69 Å². The number of hydrogen-bond donors (Lipinski definition) is 1. The van der Waals surface area contributed by atoms with Crippen LogP contribution in [0.1, 0.15) is 24.2 Å². The van der Waals surface area contributed by atoms with E-state index in [0.717, 1.165) is 11.3 Å². The van der Waals surface area contributed by atoms with Gasteiger partial charge in [0.25, 0.3) is 0 Å². The number of carbonyl (C=O) groups excluding carboxylic acids is 1. The van der Waals surface area contributed by atoms with Gasteiger partial charge in [-0.05, 0) is 54.1 Å². The number of nitrogens with one attached hydrogen (secondary N) is 1. The van der Waals surface area contributed by atoms with E-state index < -0.39 is 16.1 Å². The molecule has 7 nitrogen and oxygen atoms in total. The van der Waals surface area contributed by atoms with Crippen molar-refractivity contribution in [2.24, 2.45) is 0 Å². The number of ether oxygens (including phenoxy) is 1. The summed E-state index contributed by atoms with van der Waals surface area (Å²) < 4.78 is 36.0. The van der Waals surface area contributed by atoms with Crippen LogP contribution in [-0.4, -0.2) is 36.9 Å². The second-order valence-electron chi connectivity index (χ2n) is 7.12. The van der Waals surface area contributed by atoms with Gasteiger partial charge < -0.3 is 14.6 Å². The molecule has 0 radical (unpaired) electrons. The molecule has 0 bridgehead atoms. The largest absolute Gasteiger partial charge is 0.497 e. The van der Waals surface area contributed by atoms with Crippen LogP contribution < -0.4 is 10.1 Å². The Kier molecular flexibility index (Phi) is 5.36. The molecule has 1 N–H and O–H groups in total. The van der Waals surface area contributed by atoms with Gasteiger partial charge in [0, 0.05) is 37.6 Å². The van der Waals surface area contributed by atoms with E-state index in [1.54, 1.807) is 19.2 Å². The molecule has 0 saturated heterocycles. The third-order valence-electron chi connectivity index (χ3n) is 5.21. The van der Waals surface area contributed by atoms with Crippen LogP contribution in [0.15, 0.2) is 71.8 Å². The maximum atomic E-state index is 13.6. The number of rotatable bonds is 5. The van der Waals surface area contributed by atoms with E-state index in [-0.39, 0.29) is 10.8 Å². The number of sulfonamides is 1. The Morgan fingerprint density at radius 3 is 2.37 bits per heavy atom. The second-order valence-corrected chi connectivity index (χ2v) is 9.01. The highest BCUT2D eigenvalue weighted by molar-refractivity contribution is 7.89. The summed E-state index contributed by atoms with van der Waals surface area (Å²) in [6.07, 6.45) is 1.97. The average Bonchev–Trinajstić information content (AvgIpc) is 3.22. The van der Waals surface area contributed by atoms with Crippen molar-refractivity contribution in [3.8, 4) is 5.75 Å². The van der Waals surface area contributed by atoms with Crippen molar-refractivity contribution in [1.29, 1.82) is 0 Å². The predicted molar refractivity (Wildman–Crippen MR) is 114 cm³/mol. The lowest BCUT2D eigenvalue weighted by atomic mass is 10.0. The molecule has 1 aliphatic rings. The van der Waals surface area contributed by atoms with Crippen LogP contribution in [0, 0.1) is 0 Å². The Morgan fingerprint density at radius 2 is 1.73 bits per heavy atom. The summed E-state index contributed by atoms with van der Waals surface area (Å²) in [5, 5.41) is 2.66. The normalized spacial score (nSPS) is 16.7. The van der Waals surface area contributed by atoms with Crippen molar-refractivity contribution in [3.63, 3.8) is 0 Å². The summed E-state index contributed by atoms with van der Waals surface area (Å²) in [5.74, 6) is 0.509. The van der Waals surface area contributed by atoms with Gasteiger partial charge >= 0.3 is 0 Å². The van der Waals surface area contributed by atoms with Crippen molar-refractivity contribution >= 4 is 21.6 Å². The zero-order chi connectivity index (χ0) is 21.3. The fraction of sp³-hybridized carbons (Fsp3) is 0.227. The Balaban J connectivity index is 1.74. The fourth-order valence-electron chi connectivity index (χ4n) is 3.79. The van der Waals surface area contributed by atoms with E-state index in [1.807, 2.05) is 42.6 Å². The number of anilines is 1. The SMILES string of the molecule is COc1ccc([C@@H]2c3cccn3CCN2S(=O)(=O)c2ccc(NC(C)=O)cc2)cc1. The standard InChI is InChI=1S/C22H23N3O4S/c1-16(26)23-18-7-11-20(12-8-18)30(27,28)25-15-14-24-13-3-4-21(24)22(25)17-5-9-19(29-2)10-6-17/h3-13,22H,14-15H2,1-2H3,(H,23,26)/t22-/m1/s1. The van der Waals surface area contributed by atoms with Crippen LogP contribution in [-0.2, 0) is 21.4 Å². The van der Waals surface area contributed by atoms with Crippen molar-refractivity contribution in [1.82, 2.24) is 8.87 Å². The van der Waals surface area contributed by atoms with E-state index in [0.29, 0.717) is 24.5 Å². The molecule has 0 fully saturated rings. The lowest BCUT2D eigenvalue weighted by Crippen LogP contribution is -2.42. The molecule has 2 heterocycles. The van der Waals surface area contributed by atoms with Gasteiger partial charge in [-0.2, -0.15) is 4.31 Å². The number of carbonyl (C=O) groups is 1. The summed E-state index contributed by atoms with van der Waals surface area (Å²) in [6, 6.07) is 17.2. The first-order chi connectivity index (χ1) is 14.4. The first-order valence-corrected chi connectivity index (χ1v) is 11.0. The number of hydrogen-bond acceptors (Lipinski definition) is 4. The fourth-order valence-corrected chi connectivity index (χ4v) is 5.37. The molecule has 8 heteroatoms. The number of benzene rings is 2. The molecule has 156 valence electrons. The molecule has 0 unspecified atom stereocenters. The minimum absolute atomic E-state index is 0.190. The topological polar surface area (TPSA) is 80.6 Å². The van der Waals surface area contributed by atoms with Gasteiger partial charge in [-0.15, -0.1) is 0 Å². The number of methoxy groups -OCH3 is 1. The number of nitrogens with zero attached hydrogens (tertiary/aromatic N) is 2. The molecule has 0 spiro atoms. The molecule has 1 aromatic heterocycles. The summed E-state index contributed by atoms with van der Waals surface area (Å²) in [5.41, 5.74) is 2.35. The van der Waals surface area contributed by atoms with Crippen molar-refractivity contribution < 1.29 is 17.9 Å². The highest BCUT2D eigenvalue weighted by Crippen LogP contribution is 2.37. The minimum Gasteiger partial charge on any atom is -0.497 e. The van der Waals surface area contributed by atoms with E-state index in [2.05, 4.69) is 9.88 Å². The maximum Gasteiger partial charge on any atom is 0.244 e. The number of fused-ring (bicyclic) bond motifs is 1. The van der Waals surface area contributed by atoms with Gasteiger partial charge in [-0.25, -0.2) is 8.42 Å². The lowest BCUT2D eigenvalue weighted by molar-refractivity contribution is -0.114. The van der Waals surface area contributed by atoms with Gasteiger partial charge in [0.15, 0.2) is 0 Å². The Bertz CT molecular complexity index is 1150. The molecule has 0 saturated carbocycles. The van der Waals surface area contributed by atoms with Gasteiger partial charge in [0.1, 0.15) is 5.75 Å². The quantitative estimate of drug-likeness (QED) is 0.681. The summed E-state index contributed by atoms with van der Waals surface area (Å²) in [6.45, 7) is 2.35. The first-order valence-electron chi connectivity index (χ1n) is 9.58. The average molecular weight is 426 g/mol. The number of aromatic nitrogens is 1. The van der Waals surface area contributed by atoms with Crippen LogP contribution in [0.25, 0.3) is 0 Å². The number of amides is 1. The van der Waals surface area contributed by atoms with Crippen molar-refractivity contribution in [2.45, 2.75) is 24.4 Å². The molecule has 1 aliphatic heterocycles. The third kappa shape index (κ3) is 3.71. The molecule has 2 aromatic carbocycles. The second kappa shape index (κ2) is 7.97. The van der Waals surface area contributed by atoms with E-state index >= 15 is 0 Å². The molecular weight excluding hydrogens is 402 g/mol. The summed E-state index contributed by atoms with van der Waals surface area (Å²) >= 11 is 0. The smallest absolute Gasteiger partial charge is 0.244 e. The van der Waals surface area contributed by atoms with Gasteiger partial charge in [0.2, 0.25) is 15.9 Å². The zero-order valence-corrected chi connectivity index (χ0v) is 17.6. The summed E-state index contributed by atoms with van der Waals surface area (Å²) in [7, 11) is -2.17. The molecule has 3 aromatic rings.